The lowest BCUT2D eigenvalue weighted by Gasteiger charge is -2.15. The Hall–Kier alpha value is -1.96. The minimum Gasteiger partial charge on any atom is -0.492 e. The number of aliphatic imine (C=N–C) groups is 1. The number of likely N-dealkylation sites (N-methyl/N-ethyl adjacent to an activating group) is 1. The zero-order valence-electron chi connectivity index (χ0n) is 12.2. The summed E-state index contributed by atoms with van der Waals surface area (Å²) >= 11 is 0. The van der Waals surface area contributed by atoms with Crippen molar-refractivity contribution in [2.75, 3.05) is 44.3 Å². The topological polar surface area (TPSA) is 83.0 Å². The van der Waals surface area contributed by atoms with Gasteiger partial charge in [0.2, 0.25) is 10.0 Å². The van der Waals surface area contributed by atoms with E-state index in [0.717, 1.165) is 25.3 Å². The molecule has 0 saturated heterocycles. The van der Waals surface area contributed by atoms with Gasteiger partial charge in [0.15, 0.2) is 5.96 Å². The highest BCUT2D eigenvalue weighted by atomic mass is 32.2. The van der Waals surface area contributed by atoms with Crippen molar-refractivity contribution in [3.63, 3.8) is 0 Å². The Morgan fingerprint density at radius 1 is 1.33 bits per heavy atom. The highest BCUT2D eigenvalue weighted by Gasteiger charge is 2.10. The molecule has 116 valence electrons. The van der Waals surface area contributed by atoms with Crippen LogP contribution in [0.4, 0.5) is 5.69 Å². The van der Waals surface area contributed by atoms with Gasteiger partial charge in [-0.05, 0) is 24.3 Å². The standard InChI is InChI=1S/C13H20N4O3S/c1-17-9-7-14-13(17)15-8-10-20-12-5-3-11(4-6-12)16-21(2,18)19/h3-6,16H,7-10H2,1-2H3,(H,14,15). The smallest absolute Gasteiger partial charge is 0.229 e. The Balaban J connectivity index is 1.74. The molecular weight excluding hydrogens is 292 g/mol. The first-order valence-corrected chi connectivity index (χ1v) is 8.53. The maximum absolute atomic E-state index is 11.1. The first kappa shape index (κ1) is 15.4. The van der Waals surface area contributed by atoms with E-state index < -0.39 is 10.0 Å². The molecule has 2 N–H and O–H groups in total. The van der Waals surface area contributed by atoms with Crippen LogP contribution in [0.25, 0.3) is 0 Å². The number of ether oxygens (including phenoxy) is 1. The number of hydrogen-bond acceptors (Lipinski definition) is 6. The van der Waals surface area contributed by atoms with Gasteiger partial charge in [0, 0.05) is 19.3 Å². The summed E-state index contributed by atoms with van der Waals surface area (Å²) in [6.07, 6.45) is 1.12. The van der Waals surface area contributed by atoms with E-state index in [-0.39, 0.29) is 0 Å². The second-order valence-corrected chi connectivity index (χ2v) is 6.55. The molecule has 0 atom stereocenters. The highest BCUT2D eigenvalue weighted by Crippen LogP contribution is 2.16. The number of benzene rings is 1. The molecule has 0 unspecified atom stereocenters. The fourth-order valence-electron chi connectivity index (χ4n) is 1.89. The van der Waals surface area contributed by atoms with Gasteiger partial charge in [-0.3, -0.25) is 9.71 Å². The summed E-state index contributed by atoms with van der Waals surface area (Å²) in [6, 6.07) is 6.79. The fourth-order valence-corrected chi connectivity index (χ4v) is 2.45. The first-order chi connectivity index (χ1) is 9.94. The monoisotopic (exact) mass is 312 g/mol. The average molecular weight is 312 g/mol. The molecule has 0 bridgehead atoms. The third kappa shape index (κ3) is 5.14. The van der Waals surface area contributed by atoms with Crippen LogP contribution in [0.2, 0.25) is 0 Å². The van der Waals surface area contributed by atoms with Crippen molar-refractivity contribution in [2.24, 2.45) is 4.99 Å². The summed E-state index contributed by atoms with van der Waals surface area (Å²) in [5, 5.41) is 3.20. The van der Waals surface area contributed by atoms with E-state index in [1.54, 1.807) is 24.3 Å². The van der Waals surface area contributed by atoms with E-state index in [0.29, 0.717) is 24.6 Å². The second kappa shape index (κ2) is 6.66. The van der Waals surface area contributed by atoms with Gasteiger partial charge in [-0.25, -0.2) is 8.42 Å². The lowest BCUT2D eigenvalue weighted by molar-refractivity contribution is 0.320. The zero-order valence-corrected chi connectivity index (χ0v) is 13.0. The molecule has 0 spiro atoms. The van der Waals surface area contributed by atoms with Crippen molar-refractivity contribution in [1.29, 1.82) is 0 Å². The number of nitrogens with zero attached hydrogens (tertiary/aromatic N) is 2. The number of sulfonamides is 1. The van der Waals surface area contributed by atoms with Crippen molar-refractivity contribution in [3.8, 4) is 5.75 Å². The number of anilines is 1. The van der Waals surface area contributed by atoms with Crippen molar-refractivity contribution < 1.29 is 13.2 Å². The molecule has 0 amide bonds. The lowest BCUT2D eigenvalue weighted by atomic mass is 10.3. The summed E-state index contributed by atoms with van der Waals surface area (Å²) < 4.78 is 30.1. The number of hydrogen-bond donors (Lipinski definition) is 2. The van der Waals surface area contributed by atoms with Gasteiger partial charge in [-0.2, -0.15) is 0 Å². The second-order valence-electron chi connectivity index (χ2n) is 4.80. The van der Waals surface area contributed by atoms with Crippen LogP contribution in [-0.4, -0.2) is 58.8 Å². The average Bonchev–Trinajstić information content (AvgIpc) is 2.80. The molecule has 0 aliphatic carbocycles. The van der Waals surface area contributed by atoms with Crippen LogP contribution >= 0.6 is 0 Å². The van der Waals surface area contributed by atoms with Crippen LogP contribution in [0, 0.1) is 0 Å². The molecule has 1 aliphatic rings. The Morgan fingerprint density at radius 2 is 2.05 bits per heavy atom. The van der Waals surface area contributed by atoms with Gasteiger partial charge in [0.05, 0.1) is 19.3 Å². The molecule has 1 aromatic rings. The van der Waals surface area contributed by atoms with Crippen molar-refractivity contribution in [2.45, 2.75) is 0 Å². The van der Waals surface area contributed by atoms with Gasteiger partial charge in [-0.1, -0.05) is 0 Å². The molecule has 1 aromatic carbocycles. The zero-order chi connectivity index (χ0) is 15.3. The molecular formula is C13H20N4O3S. The van der Waals surface area contributed by atoms with Crippen molar-refractivity contribution in [3.05, 3.63) is 24.3 Å². The van der Waals surface area contributed by atoms with Gasteiger partial charge < -0.3 is 15.0 Å². The number of rotatable bonds is 6. The minimum absolute atomic E-state index is 0.506. The summed E-state index contributed by atoms with van der Waals surface area (Å²) in [6.45, 7) is 2.94. The van der Waals surface area contributed by atoms with E-state index in [2.05, 4.69) is 19.9 Å². The molecule has 8 heteroatoms. The Kier molecular flexibility index (Phi) is 4.89. The summed E-state index contributed by atoms with van der Waals surface area (Å²) in [7, 11) is -1.25. The lowest BCUT2D eigenvalue weighted by Crippen LogP contribution is -2.37. The van der Waals surface area contributed by atoms with E-state index in [9.17, 15) is 8.42 Å². The Bertz CT molecular complexity index is 598. The predicted octanol–water partition coefficient (Wildman–Crippen LogP) is 0.328. The Labute approximate surface area is 125 Å². The van der Waals surface area contributed by atoms with E-state index in [1.807, 2.05) is 7.05 Å². The van der Waals surface area contributed by atoms with Crippen LogP contribution in [0.5, 0.6) is 5.75 Å². The number of nitrogens with one attached hydrogen (secondary N) is 2. The van der Waals surface area contributed by atoms with Crippen molar-refractivity contribution >= 4 is 21.7 Å². The van der Waals surface area contributed by atoms with Crippen LogP contribution in [0.15, 0.2) is 29.3 Å². The largest absolute Gasteiger partial charge is 0.492 e. The van der Waals surface area contributed by atoms with E-state index in [1.165, 1.54) is 0 Å². The predicted molar refractivity (Wildman–Crippen MR) is 83.3 cm³/mol. The maximum atomic E-state index is 11.1. The molecule has 21 heavy (non-hydrogen) atoms. The van der Waals surface area contributed by atoms with Crippen molar-refractivity contribution in [1.82, 2.24) is 10.2 Å². The molecule has 0 radical (unpaired) electrons. The summed E-state index contributed by atoms with van der Waals surface area (Å²) in [5.74, 6) is 1.59. The van der Waals surface area contributed by atoms with Crippen LogP contribution < -0.4 is 14.8 Å². The van der Waals surface area contributed by atoms with Gasteiger partial charge in [-0.15, -0.1) is 0 Å². The summed E-state index contributed by atoms with van der Waals surface area (Å²) in [5.41, 5.74) is 0.518. The quantitative estimate of drug-likeness (QED) is 0.740. The Morgan fingerprint density at radius 3 is 2.62 bits per heavy atom. The normalized spacial score (nSPS) is 14.8. The molecule has 0 fully saturated rings. The molecule has 1 aliphatic heterocycles. The van der Waals surface area contributed by atoms with Crippen LogP contribution in [-0.2, 0) is 10.0 Å². The van der Waals surface area contributed by atoms with E-state index >= 15 is 0 Å². The third-order valence-corrected chi connectivity index (χ3v) is 3.48. The number of guanidine groups is 1. The van der Waals surface area contributed by atoms with Gasteiger partial charge in [0.1, 0.15) is 12.4 Å². The first-order valence-electron chi connectivity index (χ1n) is 6.64. The molecule has 0 saturated carbocycles. The van der Waals surface area contributed by atoms with Gasteiger partial charge >= 0.3 is 0 Å². The van der Waals surface area contributed by atoms with Crippen LogP contribution in [0.1, 0.15) is 0 Å². The van der Waals surface area contributed by atoms with Gasteiger partial charge in [0.25, 0.3) is 0 Å². The molecule has 7 nitrogen and oxygen atoms in total. The molecule has 1 heterocycles. The minimum atomic E-state index is -3.24. The molecule has 2 rings (SSSR count). The fraction of sp³-hybridized carbons (Fsp3) is 0.462. The third-order valence-electron chi connectivity index (χ3n) is 2.87. The van der Waals surface area contributed by atoms with Crippen LogP contribution in [0.3, 0.4) is 0 Å². The maximum Gasteiger partial charge on any atom is 0.229 e. The molecule has 0 aromatic heterocycles. The SMILES string of the molecule is CN1CCN=C1NCCOc1ccc(NS(C)(=O)=O)cc1. The van der Waals surface area contributed by atoms with E-state index in [4.69, 9.17) is 4.74 Å². The highest BCUT2D eigenvalue weighted by molar-refractivity contribution is 7.92. The summed E-state index contributed by atoms with van der Waals surface area (Å²) in [4.78, 5) is 6.38.